The molecule has 0 spiro atoms. The average molecular weight is 407 g/mol. The molecule has 0 radical (unpaired) electrons. The molecule has 3 aromatic heterocycles. The fourth-order valence-corrected chi connectivity index (χ4v) is 3.96. The zero-order chi connectivity index (χ0) is 21.1. The Labute approximate surface area is 176 Å². The Balaban J connectivity index is 1.98. The van der Waals surface area contributed by atoms with Gasteiger partial charge in [-0.3, -0.25) is 9.20 Å². The van der Waals surface area contributed by atoms with E-state index in [1.165, 1.54) is 0 Å². The maximum absolute atomic E-state index is 12.4. The summed E-state index contributed by atoms with van der Waals surface area (Å²) in [6.45, 7) is 7.22. The van der Waals surface area contributed by atoms with E-state index in [-0.39, 0.29) is 5.97 Å². The molecule has 6 heteroatoms. The summed E-state index contributed by atoms with van der Waals surface area (Å²) in [6.07, 6.45) is 8.16. The SMILES string of the molecule is CCCCC(=O)Oc1cn(CCC)c2nc(CCCC)n3c4ccccc4nc3c12. The molecule has 3 heterocycles. The molecule has 0 aliphatic carbocycles. The summed E-state index contributed by atoms with van der Waals surface area (Å²) < 4.78 is 10.1. The Kier molecular flexibility index (Phi) is 6.02. The summed E-state index contributed by atoms with van der Waals surface area (Å²) in [6, 6.07) is 8.12. The van der Waals surface area contributed by atoms with Crippen molar-refractivity contribution >= 4 is 33.7 Å². The number of aryl methyl sites for hydroxylation is 2. The van der Waals surface area contributed by atoms with Crippen LogP contribution in [0, 0.1) is 0 Å². The van der Waals surface area contributed by atoms with Crippen molar-refractivity contribution in [2.75, 3.05) is 0 Å². The number of carbonyl (C=O) groups excluding carboxylic acids is 1. The minimum Gasteiger partial charge on any atom is -0.424 e. The van der Waals surface area contributed by atoms with Crippen LogP contribution in [0.15, 0.2) is 30.5 Å². The zero-order valence-electron chi connectivity index (χ0n) is 18.1. The second-order valence-electron chi connectivity index (χ2n) is 7.85. The van der Waals surface area contributed by atoms with Crippen molar-refractivity contribution in [2.24, 2.45) is 0 Å². The van der Waals surface area contributed by atoms with Gasteiger partial charge < -0.3 is 9.30 Å². The van der Waals surface area contributed by atoms with Gasteiger partial charge in [-0.2, -0.15) is 0 Å². The van der Waals surface area contributed by atoms with Gasteiger partial charge in [0.25, 0.3) is 0 Å². The third-order valence-electron chi connectivity index (χ3n) is 5.47. The first-order chi connectivity index (χ1) is 14.7. The minimum atomic E-state index is -0.197. The average Bonchev–Trinajstić information content (AvgIpc) is 3.29. The highest BCUT2D eigenvalue weighted by Gasteiger charge is 2.22. The molecule has 0 N–H and O–H groups in total. The van der Waals surface area contributed by atoms with Crippen LogP contribution in [0.5, 0.6) is 5.75 Å². The molecule has 0 bridgehead atoms. The second kappa shape index (κ2) is 8.86. The molecule has 0 fully saturated rings. The smallest absolute Gasteiger partial charge is 0.311 e. The van der Waals surface area contributed by atoms with Crippen LogP contribution in [0.1, 0.15) is 65.1 Å². The van der Waals surface area contributed by atoms with Crippen LogP contribution in [0.25, 0.3) is 27.7 Å². The second-order valence-corrected chi connectivity index (χ2v) is 7.85. The van der Waals surface area contributed by atoms with Crippen LogP contribution in [-0.2, 0) is 17.8 Å². The molecule has 0 unspecified atom stereocenters. The quantitative estimate of drug-likeness (QED) is 0.335. The Morgan fingerprint density at radius 2 is 1.80 bits per heavy atom. The molecule has 0 atom stereocenters. The molecule has 4 rings (SSSR count). The maximum Gasteiger partial charge on any atom is 0.311 e. The highest BCUT2D eigenvalue weighted by atomic mass is 16.5. The van der Waals surface area contributed by atoms with Crippen LogP contribution in [0.3, 0.4) is 0 Å². The number of benzene rings is 1. The molecule has 0 amide bonds. The molecule has 0 saturated heterocycles. The van der Waals surface area contributed by atoms with Crippen molar-refractivity contribution in [3.8, 4) is 5.75 Å². The van der Waals surface area contributed by atoms with Crippen LogP contribution < -0.4 is 4.74 Å². The molecular formula is C24H30N4O2. The van der Waals surface area contributed by atoms with Gasteiger partial charge in [-0.05, 0) is 31.4 Å². The van der Waals surface area contributed by atoms with Gasteiger partial charge in [-0.1, -0.05) is 45.7 Å². The Morgan fingerprint density at radius 1 is 1.00 bits per heavy atom. The van der Waals surface area contributed by atoms with E-state index in [0.29, 0.717) is 12.2 Å². The molecule has 1 aromatic carbocycles. The fourth-order valence-electron chi connectivity index (χ4n) is 3.96. The van der Waals surface area contributed by atoms with Gasteiger partial charge in [0.05, 0.1) is 11.0 Å². The lowest BCUT2D eigenvalue weighted by atomic mass is 10.2. The number of hydrogen-bond acceptors (Lipinski definition) is 4. The Morgan fingerprint density at radius 3 is 2.57 bits per heavy atom. The van der Waals surface area contributed by atoms with E-state index in [1.54, 1.807) is 0 Å². The summed E-state index contributed by atoms with van der Waals surface area (Å²) in [5.41, 5.74) is 3.64. The number of unbranched alkanes of at least 4 members (excludes halogenated alkanes) is 2. The number of nitrogens with zero attached hydrogens (tertiary/aromatic N) is 4. The van der Waals surface area contributed by atoms with Gasteiger partial charge in [0.2, 0.25) is 0 Å². The summed E-state index contributed by atoms with van der Waals surface area (Å²) >= 11 is 0. The number of para-hydroxylation sites is 2. The van der Waals surface area contributed by atoms with Gasteiger partial charge in [-0.15, -0.1) is 0 Å². The van der Waals surface area contributed by atoms with Crippen molar-refractivity contribution in [3.63, 3.8) is 0 Å². The van der Waals surface area contributed by atoms with E-state index >= 15 is 0 Å². The number of fused-ring (bicyclic) bond motifs is 5. The largest absolute Gasteiger partial charge is 0.424 e. The lowest BCUT2D eigenvalue weighted by Gasteiger charge is -2.09. The topological polar surface area (TPSA) is 61.4 Å². The van der Waals surface area contributed by atoms with Crippen molar-refractivity contribution in [1.29, 1.82) is 0 Å². The first-order valence-corrected chi connectivity index (χ1v) is 11.2. The highest BCUT2D eigenvalue weighted by molar-refractivity contribution is 6.00. The molecule has 158 valence electrons. The summed E-state index contributed by atoms with van der Waals surface area (Å²) in [4.78, 5) is 22.4. The number of carbonyl (C=O) groups is 1. The molecular weight excluding hydrogens is 376 g/mol. The third kappa shape index (κ3) is 3.66. The first-order valence-electron chi connectivity index (χ1n) is 11.2. The maximum atomic E-state index is 12.4. The van der Waals surface area contributed by atoms with Crippen molar-refractivity contribution < 1.29 is 9.53 Å². The standard InChI is InChI=1S/C24H30N4O2/c1-4-7-13-20-26-23-22(24-25-17-11-9-10-12-18(17)28(20)24)19(16-27(23)15-6-3)30-21(29)14-8-5-2/h9-12,16H,4-8,13-15H2,1-3H3. The van der Waals surface area contributed by atoms with Crippen LogP contribution in [-0.4, -0.2) is 24.9 Å². The van der Waals surface area contributed by atoms with E-state index in [2.05, 4.69) is 35.8 Å². The van der Waals surface area contributed by atoms with Gasteiger partial charge >= 0.3 is 5.97 Å². The van der Waals surface area contributed by atoms with Crippen molar-refractivity contribution in [3.05, 3.63) is 36.3 Å². The first kappa shape index (κ1) is 20.4. The molecule has 6 nitrogen and oxygen atoms in total. The van der Waals surface area contributed by atoms with E-state index in [0.717, 1.165) is 78.6 Å². The number of rotatable bonds is 9. The normalized spacial score (nSPS) is 11.7. The predicted octanol–water partition coefficient (Wildman–Crippen LogP) is 5.69. The lowest BCUT2D eigenvalue weighted by Crippen LogP contribution is -2.07. The number of ether oxygens (including phenoxy) is 1. The minimum absolute atomic E-state index is 0.197. The summed E-state index contributed by atoms with van der Waals surface area (Å²) in [5.74, 6) is 1.37. The van der Waals surface area contributed by atoms with Crippen LogP contribution >= 0.6 is 0 Å². The monoisotopic (exact) mass is 406 g/mol. The van der Waals surface area contributed by atoms with Crippen molar-refractivity contribution in [1.82, 2.24) is 18.9 Å². The van der Waals surface area contributed by atoms with E-state index in [9.17, 15) is 4.79 Å². The lowest BCUT2D eigenvalue weighted by molar-refractivity contribution is -0.134. The number of esters is 1. The number of imidazole rings is 1. The Bertz CT molecular complexity index is 1190. The number of aromatic nitrogens is 4. The molecule has 30 heavy (non-hydrogen) atoms. The van der Waals surface area contributed by atoms with Crippen LogP contribution in [0.4, 0.5) is 0 Å². The summed E-state index contributed by atoms with van der Waals surface area (Å²) in [7, 11) is 0. The Hall–Kier alpha value is -2.89. The van der Waals surface area contributed by atoms with Gasteiger partial charge in [0, 0.05) is 25.6 Å². The third-order valence-corrected chi connectivity index (χ3v) is 5.47. The fraction of sp³-hybridized carbons (Fsp3) is 0.458. The highest BCUT2D eigenvalue weighted by Crippen LogP contribution is 2.34. The number of hydrogen-bond donors (Lipinski definition) is 0. The van der Waals surface area contributed by atoms with Crippen molar-refractivity contribution in [2.45, 2.75) is 72.3 Å². The molecule has 4 aromatic rings. The van der Waals surface area contributed by atoms with Gasteiger partial charge in [0.15, 0.2) is 11.4 Å². The van der Waals surface area contributed by atoms with E-state index in [4.69, 9.17) is 14.7 Å². The van der Waals surface area contributed by atoms with Gasteiger partial charge in [0.1, 0.15) is 16.9 Å². The zero-order valence-corrected chi connectivity index (χ0v) is 18.1. The van der Waals surface area contributed by atoms with Gasteiger partial charge in [-0.25, -0.2) is 9.97 Å². The van der Waals surface area contributed by atoms with Crippen LogP contribution in [0.2, 0.25) is 0 Å². The molecule has 0 saturated carbocycles. The predicted molar refractivity (Wildman–Crippen MR) is 120 cm³/mol. The molecule has 0 aliphatic heterocycles. The van der Waals surface area contributed by atoms with E-state index in [1.807, 2.05) is 24.4 Å². The summed E-state index contributed by atoms with van der Waals surface area (Å²) in [5, 5.41) is 0.824. The molecule has 0 aliphatic rings. The van der Waals surface area contributed by atoms with E-state index < -0.39 is 0 Å².